The number of nitrogen functional groups attached to an aromatic ring is 1. The van der Waals surface area contributed by atoms with Gasteiger partial charge in [0.05, 0.1) is 23.9 Å². The number of ether oxygens (including phenoxy) is 1. The average molecular weight is 466 g/mol. The van der Waals surface area contributed by atoms with Gasteiger partial charge in [0.15, 0.2) is 11.5 Å². The van der Waals surface area contributed by atoms with E-state index in [0.717, 1.165) is 0 Å². The molecule has 0 atom stereocenters. The van der Waals surface area contributed by atoms with Crippen molar-refractivity contribution in [2.45, 2.75) is 13.0 Å². The van der Waals surface area contributed by atoms with Crippen LogP contribution in [0.5, 0.6) is 5.75 Å². The van der Waals surface area contributed by atoms with Crippen LogP contribution in [0.1, 0.15) is 11.5 Å². The number of nitrogens with zero attached hydrogens (tertiary/aromatic N) is 7. The maximum Gasteiger partial charge on any atom is 0.387 e. The lowest BCUT2D eigenvalue weighted by Crippen LogP contribution is -2.14. The molecule has 34 heavy (non-hydrogen) atoms. The fourth-order valence-corrected chi connectivity index (χ4v) is 3.49. The van der Waals surface area contributed by atoms with Crippen LogP contribution in [0, 0.1) is 0 Å². The first-order chi connectivity index (χ1) is 16.4. The predicted molar refractivity (Wildman–Crippen MR) is 115 cm³/mol. The Hall–Kier alpha value is -4.68. The van der Waals surface area contributed by atoms with Crippen molar-refractivity contribution in [3.8, 4) is 28.5 Å². The number of oxazole rings is 1. The van der Waals surface area contributed by atoms with E-state index >= 15 is 0 Å². The zero-order valence-corrected chi connectivity index (χ0v) is 17.6. The Kier molecular flexibility index (Phi) is 5.20. The van der Waals surface area contributed by atoms with E-state index in [4.69, 9.17) is 10.2 Å². The van der Waals surface area contributed by atoms with Gasteiger partial charge in [-0.2, -0.15) is 13.3 Å². The van der Waals surface area contributed by atoms with Gasteiger partial charge in [-0.05, 0) is 18.2 Å². The average Bonchev–Trinajstić information content (AvgIpc) is 3.47. The third-order valence-electron chi connectivity index (χ3n) is 4.95. The second-order valence-electron chi connectivity index (χ2n) is 7.16. The molecular formula is C21H16F2N8O3. The molecule has 0 saturated heterocycles. The fraction of sp³-hybridized carbons (Fsp3) is 0.143. The first-order valence-electron chi connectivity index (χ1n) is 9.91. The molecule has 13 heteroatoms. The van der Waals surface area contributed by atoms with Gasteiger partial charge in [0.1, 0.15) is 17.7 Å². The summed E-state index contributed by atoms with van der Waals surface area (Å²) in [6.07, 6.45) is 5.91. The Morgan fingerprint density at radius 3 is 2.76 bits per heavy atom. The van der Waals surface area contributed by atoms with Gasteiger partial charge in [0, 0.05) is 31.1 Å². The largest absolute Gasteiger partial charge is 0.443 e. The Morgan fingerprint density at radius 1 is 1.18 bits per heavy atom. The van der Waals surface area contributed by atoms with E-state index < -0.39 is 6.61 Å². The minimum absolute atomic E-state index is 0.000551. The van der Waals surface area contributed by atoms with E-state index in [1.54, 1.807) is 19.3 Å². The fourth-order valence-electron chi connectivity index (χ4n) is 3.49. The Bertz CT molecular complexity index is 1550. The van der Waals surface area contributed by atoms with Crippen molar-refractivity contribution in [2.75, 3.05) is 5.73 Å². The molecule has 0 fully saturated rings. The monoisotopic (exact) mass is 466 g/mol. The summed E-state index contributed by atoms with van der Waals surface area (Å²) in [4.78, 5) is 29.2. The molecule has 2 N–H and O–H groups in total. The number of alkyl halides is 2. The number of pyridine rings is 2. The molecule has 0 aliphatic rings. The summed E-state index contributed by atoms with van der Waals surface area (Å²) in [6, 6.07) is 5.89. The lowest BCUT2D eigenvalue weighted by atomic mass is 10.1. The molecule has 172 valence electrons. The molecule has 0 saturated carbocycles. The van der Waals surface area contributed by atoms with Crippen LogP contribution in [0.25, 0.3) is 28.4 Å². The normalized spacial score (nSPS) is 11.4. The number of fused-ring (bicyclic) bond motifs is 1. The second-order valence-corrected chi connectivity index (χ2v) is 7.16. The Labute approximate surface area is 189 Å². The van der Waals surface area contributed by atoms with Crippen molar-refractivity contribution in [3.05, 3.63) is 71.0 Å². The molecule has 0 radical (unpaired) electrons. The van der Waals surface area contributed by atoms with E-state index in [-0.39, 0.29) is 41.1 Å². The van der Waals surface area contributed by atoms with Gasteiger partial charge in [-0.3, -0.25) is 9.78 Å². The summed E-state index contributed by atoms with van der Waals surface area (Å²) in [5.74, 6) is 0.351. The van der Waals surface area contributed by atoms with E-state index in [1.165, 1.54) is 45.9 Å². The number of halogens is 2. The van der Waals surface area contributed by atoms with Gasteiger partial charge < -0.3 is 19.5 Å². The molecule has 0 bridgehead atoms. The van der Waals surface area contributed by atoms with E-state index in [9.17, 15) is 13.6 Å². The SMILES string of the molecule is Cn1cc(-c2c(-c3ncco3)nc(N)n3nc(Cc4ncccc4OC(F)F)nc23)ccc1=O. The second kappa shape index (κ2) is 8.35. The predicted octanol–water partition coefficient (Wildman–Crippen LogP) is 2.31. The van der Waals surface area contributed by atoms with Gasteiger partial charge in [0.2, 0.25) is 17.4 Å². The molecule has 0 aromatic carbocycles. The Morgan fingerprint density at radius 2 is 2.03 bits per heavy atom. The van der Waals surface area contributed by atoms with Crippen LogP contribution in [0.2, 0.25) is 0 Å². The van der Waals surface area contributed by atoms with Crippen molar-refractivity contribution in [2.24, 2.45) is 7.05 Å². The zero-order valence-electron chi connectivity index (χ0n) is 17.6. The van der Waals surface area contributed by atoms with Gasteiger partial charge in [0.25, 0.3) is 0 Å². The number of nitrogens with two attached hydrogens (primary N) is 1. The number of hydrogen-bond acceptors (Lipinski definition) is 9. The standard InChI is InChI=1S/C21H16F2N8O3/c1-30-10-11(4-5-15(30)32)16-17(19-26-7-8-33-19)28-21(24)31-18(16)27-14(29-31)9-12-13(34-20(22)23)3-2-6-25-12/h2-8,10,20H,9H2,1H3,(H2,24,28). The van der Waals surface area contributed by atoms with Gasteiger partial charge in [-0.25, -0.2) is 15.0 Å². The van der Waals surface area contributed by atoms with Crippen LogP contribution in [0.15, 0.2) is 58.3 Å². The molecular weight excluding hydrogens is 450 g/mol. The van der Waals surface area contributed by atoms with Gasteiger partial charge >= 0.3 is 6.61 Å². The van der Waals surface area contributed by atoms with Crippen molar-refractivity contribution >= 4 is 11.6 Å². The summed E-state index contributed by atoms with van der Waals surface area (Å²) in [5, 5.41) is 4.39. The molecule has 5 heterocycles. The highest BCUT2D eigenvalue weighted by molar-refractivity contribution is 5.88. The van der Waals surface area contributed by atoms with Crippen LogP contribution in [0.4, 0.5) is 14.7 Å². The highest BCUT2D eigenvalue weighted by Crippen LogP contribution is 2.34. The summed E-state index contributed by atoms with van der Waals surface area (Å²) in [6.45, 7) is -3.00. The summed E-state index contributed by atoms with van der Waals surface area (Å²) in [5.41, 5.74) is 7.83. The number of hydrogen-bond donors (Lipinski definition) is 1. The molecule has 5 aromatic rings. The maximum atomic E-state index is 12.8. The van der Waals surface area contributed by atoms with Crippen LogP contribution in [-0.4, -0.2) is 40.7 Å². The lowest BCUT2D eigenvalue weighted by Gasteiger charge is -2.10. The van der Waals surface area contributed by atoms with E-state index in [1.807, 2.05) is 0 Å². The van der Waals surface area contributed by atoms with Crippen molar-refractivity contribution in [1.82, 2.24) is 34.1 Å². The molecule has 0 aliphatic heterocycles. The van der Waals surface area contributed by atoms with Crippen molar-refractivity contribution < 1.29 is 17.9 Å². The molecule has 0 aliphatic carbocycles. The number of aryl methyl sites for hydroxylation is 1. The molecule has 0 spiro atoms. The topological polar surface area (TPSA) is 139 Å². The maximum absolute atomic E-state index is 12.8. The third-order valence-corrected chi connectivity index (χ3v) is 4.95. The van der Waals surface area contributed by atoms with Crippen LogP contribution < -0.4 is 16.0 Å². The van der Waals surface area contributed by atoms with Crippen LogP contribution in [0.3, 0.4) is 0 Å². The third kappa shape index (κ3) is 3.83. The van der Waals surface area contributed by atoms with Crippen molar-refractivity contribution in [1.29, 1.82) is 0 Å². The molecule has 0 amide bonds. The first-order valence-corrected chi connectivity index (χ1v) is 9.91. The number of aromatic nitrogens is 7. The van der Waals surface area contributed by atoms with Crippen molar-refractivity contribution in [3.63, 3.8) is 0 Å². The highest BCUT2D eigenvalue weighted by atomic mass is 19.3. The zero-order chi connectivity index (χ0) is 23.8. The first kappa shape index (κ1) is 21.2. The Balaban J connectivity index is 1.70. The molecule has 11 nitrogen and oxygen atoms in total. The number of anilines is 1. The quantitative estimate of drug-likeness (QED) is 0.399. The summed E-state index contributed by atoms with van der Waals surface area (Å²) in [7, 11) is 1.61. The lowest BCUT2D eigenvalue weighted by molar-refractivity contribution is -0.0506. The summed E-state index contributed by atoms with van der Waals surface area (Å²) < 4.78 is 38.3. The van der Waals surface area contributed by atoms with Crippen LogP contribution >= 0.6 is 0 Å². The summed E-state index contributed by atoms with van der Waals surface area (Å²) >= 11 is 0. The van der Waals surface area contributed by atoms with E-state index in [0.29, 0.717) is 22.5 Å². The molecule has 0 unspecified atom stereocenters. The smallest absolute Gasteiger partial charge is 0.387 e. The van der Waals surface area contributed by atoms with E-state index in [2.05, 4.69) is 29.8 Å². The van der Waals surface area contributed by atoms with Gasteiger partial charge in [-0.15, -0.1) is 5.10 Å². The number of rotatable bonds is 6. The minimum Gasteiger partial charge on any atom is -0.443 e. The molecule has 5 rings (SSSR count). The molecule has 5 aromatic heterocycles. The minimum atomic E-state index is -3.00. The van der Waals surface area contributed by atoms with Crippen LogP contribution in [-0.2, 0) is 13.5 Å². The van der Waals surface area contributed by atoms with Gasteiger partial charge in [-0.1, -0.05) is 0 Å². The highest BCUT2D eigenvalue weighted by Gasteiger charge is 2.23.